The van der Waals surface area contributed by atoms with Gasteiger partial charge >= 0.3 is 6.03 Å². The van der Waals surface area contributed by atoms with Crippen LogP contribution >= 0.6 is 0 Å². The molecule has 0 aromatic rings. The lowest BCUT2D eigenvalue weighted by Gasteiger charge is -2.32. The molecule has 0 aromatic carbocycles. The third-order valence-electron chi connectivity index (χ3n) is 3.21. The first kappa shape index (κ1) is 12.7. The molecule has 2 heterocycles. The number of imide groups is 1. The standard InChI is InChI=1S/C10H13N3O5/c14-4-10(5-15)2-1-7(13(10)18)6-3-11-9(17)12-8(6)16/h3,14-15,18H,1-2,4-5H2,(H,12,16,17)/b7-6+. The molecule has 0 aliphatic carbocycles. The van der Waals surface area contributed by atoms with Crippen molar-refractivity contribution in [1.82, 2.24) is 10.4 Å². The maximum absolute atomic E-state index is 11.6. The summed E-state index contributed by atoms with van der Waals surface area (Å²) in [5, 5.41) is 31.1. The Bertz CT molecular complexity index is 452. The number of urea groups is 1. The van der Waals surface area contributed by atoms with E-state index in [9.17, 15) is 25.0 Å². The van der Waals surface area contributed by atoms with Crippen LogP contribution in [0.1, 0.15) is 12.8 Å². The maximum Gasteiger partial charge on any atom is 0.347 e. The minimum atomic E-state index is -1.20. The second-order valence-corrected chi connectivity index (χ2v) is 4.23. The van der Waals surface area contributed by atoms with Gasteiger partial charge in [0, 0.05) is 6.21 Å². The molecule has 4 N–H and O–H groups in total. The minimum Gasteiger partial charge on any atom is -0.394 e. The van der Waals surface area contributed by atoms with Gasteiger partial charge in [-0.25, -0.2) is 14.9 Å². The Labute approximate surface area is 102 Å². The maximum atomic E-state index is 11.6. The predicted molar refractivity (Wildman–Crippen MR) is 58.8 cm³/mol. The van der Waals surface area contributed by atoms with E-state index in [1.165, 1.54) is 0 Å². The lowest BCUT2D eigenvalue weighted by Crippen LogP contribution is -2.48. The van der Waals surface area contributed by atoms with Crippen molar-refractivity contribution in [2.75, 3.05) is 13.2 Å². The zero-order chi connectivity index (χ0) is 13.3. The number of hydrogen-bond donors (Lipinski definition) is 4. The zero-order valence-electron chi connectivity index (χ0n) is 9.46. The Balaban J connectivity index is 2.38. The summed E-state index contributed by atoms with van der Waals surface area (Å²) in [6.07, 6.45) is 1.66. The summed E-state index contributed by atoms with van der Waals surface area (Å²) >= 11 is 0. The first-order chi connectivity index (χ1) is 8.54. The van der Waals surface area contributed by atoms with E-state index in [-0.39, 0.29) is 11.3 Å². The van der Waals surface area contributed by atoms with Crippen LogP contribution in [0.25, 0.3) is 0 Å². The van der Waals surface area contributed by atoms with Crippen LogP contribution in [0.3, 0.4) is 0 Å². The highest BCUT2D eigenvalue weighted by atomic mass is 16.5. The Kier molecular flexibility index (Phi) is 3.16. The first-order valence-electron chi connectivity index (χ1n) is 5.37. The van der Waals surface area contributed by atoms with Crippen LogP contribution in [-0.2, 0) is 4.79 Å². The van der Waals surface area contributed by atoms with Gasteiger partial charge in [0.1, 0.15) is 5.54 Å². The Morgan fingerprint density at radius 1 is 1.39 bits per heavy atom. The topological polar surface area (TPSA) is 122 Å². The fourth-order valence-electron chi connectivity index (χ4n) is 2.02. The zero-order valence-corrected chi connectivity index (χ0v) is 9.46. The first-order valence-corrected chi connectivity index (χ1v) is 5.37. The number of hydrogen-bond acceptors (Lipinski definition) is 6. The molecule has 1 saturated heterocycles. The molecule has 0 radical (unpaired) electrons. The van der Waals surface area contributed by atoms with Crippen LogP contribution in [0.5, 0.6) is 0 Å². The predicted octanol–water partition coefficient (Wildman–Crippen LogP) is -1.23. The van der Waals surface area contributed by atoms with Crippen molar-refractivity contribution in [1.29, 1.82) is 0 Å². The average Bonchev–Trinajstić information content (AvgIpc) is 2.68. The number of amides is 3. The Morgan fingerprint density at radius 2 is 2.06 bits per heavy atom. The quantitative estimate of drug-likeness (QED) is 0.458. The van der Waals surface area contributed by atoms with Crippen molar-refractivity contribution in [3.63, 3.8) is 0 Å². The number of nitrogens with one attached hydrogen (secondary N) is 1. The van der Waals surface area contributed by atoms with Gasteiger partial charge in [-0.15, -0.1) is 0 Å². The summed E-state index contributed by atoms with van der Waals surface area (Å²) in [7, 11) is 0. The minimum absolute atomic E-state index is 0.0564. The van der Waals surface area contributed by atoms with E-state index >= 15 is 0 Å². The van der Waals surface area contributed by atoms with E-state index < -0.39 is 30.7 Å². The number of aliphatic hydroxyl groups is 2. The third-order valence-corrected chi connectivity index (χ3v) is 3.21. The molecule has 1 fully saturated rings. The van der Waals surface area contributed by atoms with Crippen LogP contribution in [0.15, 0.2) is 16.3 Å². The molecule has 0 unspecified atom stereocenters. The molecule has 18 heavy (non-hydrogen) atoms. The van der Waals surface area contributed by atoms with Crippen molar-refractivity contribution < 1.29 is 25.0 Å². The molecule has 0 atom stereocenters. The lowest BCUT2D eigenvalue weighted by molar-refractivity contribution is -0.156. The SMILES string of the molecule is O=C1N=C/C(=C2/CCC(CO)(CO)N2O)C(=O)N1. The highest BCUT2D eigenvalue weighted by molar-refractivity contribution is 6.22. The molecule has 3 amide bonds. The Hall–Kier alpha value is -1.77. The van der Waals surface area contributed by atoms with E-state index in [0.29, 0.717) is 17.9 Å². The van der Waals surface area contributed by atoms with Crippen molar-refractivity contribution in [3.05, 3.63) is 11.3 Å². The van der Waals surface area contributed by atoms with Gasteiger partial charge in [-0.05, 0) is 12.8 Å². The van der Waals surface area contributed by atoms with Crippen LogP contribution in [0.2, 0.25) is 0 Å². The Morgan fingerprint density at radius 3 is 2.56 bits per heavy atom. The molecule has 8 heteroatoms. The number of aliphatic imine (C=N–C) groups is 1. The molecule has 2 aliphatic heterocycles. The number of allylic oxidation sites excluding steroid dienone is 1. The van der Waals surface area contributed by atoms with Gasteiger partial charge in [-0.1, -0.05) is 0 Å². The van der Waals surface area contributed by atoms with Gasteiger partial charge in [0.2, 0.25) is 0 Å². The van der Waals surface area contributed by atoms with Gasteiger partial charge in [0.15, 0.2) is 0 Å². The number of nitrogens with zero attached hydrogens (tertiary/aromatic N) is 2. The number of carbonyl (C=O) groups is 2. The normalized spacial score (nSPS) is 26.7. The molecule has 0 spiro atoms. The number of carbonyl (C=O) groups excluding carboxylic acids is 2. The van der Waals surface area contributed by atoms with Gasteiger partial charge in [-0.3, -0.25) is 15.3 Å². The highest BCUT2D eigenvalue weighted by Crippen LogP contribution is 2.36. The molecular formula is C10H13N3O5. The fraction of sp³-hybridized carbons (Fsp3) is 0.500. The van der Waals surface area contributed by atoms with Gasteiger partial charge in [-0.2, -0.15) is 0 Å². The highest BCUT2D eigenvalue weighted by Gasteiger charge is 2.44. The van der Waals surface area contributed by atoms with E-state index in [1.807, 2.05) is 5.32 Å². The number of aliphatic hydroxyl groups excluding tert-OH is 2. The van der Waals surface area contributed by atoms with Crippen molar-refractivity contribution in [3.8, 4) is 0 Å². The van der Waals surface area contributed by atoms with E-state index in [4.69, 9.17) is 0 Å². The van der Waals surface area contributed by atoms with E-state index in [2.05, 4.69) is 4.99 Å². The van der Waals surface area contributed by atoms with Crippen LogP contribution in [0.4, 0.5) is 4.79 Å². The average molecular weight is 255 g/mol. The third kappa shape index (κ3) is 1.80. The largest absolute Gasteiger partial charge is 0.394 e. The van der Waals surface area contributed by atoms with Crippen molar-refractivity contribution in [2.24, 2.45) is 4.99 Å². The van der Waals surface area contributed by atoms with E-state index in [0.717, 1.165) is 6.21 Å². The summed E-state index contributed by atoms with van der Waals surface area (Å²) in [6.45, 7) is -0.900. The van der Waals surface area contributed by atoms with Gasteiger partial charge < -0.3 is 10.2 Å². The molecule has 2 rings (SSSR count). The van der Waals surface area contributed by atoms with Crippen molar-refractivity contribution >= 4 is 18.2 Å². The van der Waals surface area contributed by atoms with Crippen LogP contribution < -0.4 is 5.32 Å². The van der Waals surface area contributed by atoms with Gasteiger partial charge in [0.25, 0.3) is 5.91 Å². The lowest BCUT2D eigenvalue weighted by atomic mass is 10.00. The summed E-state index contributed by atoms with van der Waals surface area (Å²) in [5.74, 6) is -0.657. The van der Waals surface area contributed by atoms with Crippen molar-refractivity contribution in [2.45, 2.75) is 18.4 Å². The molecule has 0 saturated carbocycles. The summed E-state index contributed by atoms with van der Waals surface area (Å²) < 4.78 is 0. The van der Waals surface area contributed by atoms with Crippen LogP contribution in [-0.4, -0.2) is 57.4 Å². The fourth-order valence-corrected chi connectivity index (χ4v) is 2.02. The molecule has 8 nitrogen and oxygen atoms in total. The second kappa shape index (κ2) is 4.48. The second-order valence-electron chi connectivity index (χ2n) is 4.23. The molecule has 0 aromatic heterocycles. The number of rotatable bonds is 2. The van der Waals surface area contributed by atoms with Gasteiger partial charge in [0.05, 0.1) is 24.5 Å². The summed E-state index contributed by atoms with van der Waals surface area (Å²) in [5.41, 5.74) is -0.912. The van der Waals surface area contributed by atoms with E-state index in [1.54, 1.807) is 0 Å². The van der Waals surface area contributed by atoms with Crippen LogP contribution in [0, 0.1) is 0 Å². The molecule has 98 valence electrons. The summed E-state index contributed by atoms with van der Waals surface area (Å²) in [4.78, 5) is 25.9. The molecule has 0 bridgehead atoms. The smallest absolute Gasteiger partial charge is 0.347 e. The molecular weight excluding hydrogens is 242 g/mol. The molecule has 2 aliphatic rings. The monoisotopic (exact) mass is 255 g/mol. The number of hydroxylamine groups is 2. The summed E-state index contributed by atoms with van der Waals surface area (Å²) in [6, 6.07) is -0.762.